The molecule has 0 aromatic heterocycles. The first-order valence-corrected chi connectivity index (χ1v) is 6.21. The number of hydrogen-bond donors (Lipinski definition) is 1. The van der Waals surface area contributed by atoms with Gasteiger partial charge in [0.25, 0.3) is 5.91 Å². The molecule has 1 aromatic carbocycles. The first-order valence-electron chi connectivity index (χ1n) is 6.21. The molecule has 18 heavy (non-hydrogen) atoms. The van der Waals surface area contributed by atoms with Crippen molar-refractivity contribution in [2.45, 2.75) is 32.7 Å². The van der Waals surface area contributed by atoms with Crippen molar-refractivity contribution in [2.24, 2.45) is 0 Å². The van der Waals surface area contributed by atoms with Crippen LogP contribution in [-0.2, 0) is 11.2 Å². The molecule has 0 spiro atoms. The van der Waals surface area contributed by atoms with Crippen molar-refractivity contribution in [1.82, 2.24) is 5.32 Å². The van der Waals surface area contributed by atoms with E-state index in [2.05, 4.69) is 5.32 Å². The molecule has 4 heteroatoms. The van der Waals surface area contributed by atoms with Crippen LogP contribution in [0.5, 0.6) is 5.75 Å². The maximum Gasteiger partial charge on any atom is 0.251 e. The minimum Gasteiger partial charge on any atom is -0.493 e. The molecule has 4 nitrogen and oxygen atoms in total. The van der Waals surface area contributed by atoms with Gasteiger partial charge in [-0.05, 0) is 30.7 Å². The second-order valence-electron chi connectivity index (χ2n) is 4.44. The molecule has 1 aliphatic heterocycles. The fourth-order valence-electron chi connectivity index (χ4n) is 1.99. The number of nitrogens with one attached hydrogen (secondary N) is 1. The minimum atomic E-state index is -0.438. The van der Waals surface area contributed by atoms with Crippen LogP contribution in [0, 0.1) is 0 Å². The van der Waals surface area contributed by atoms with Crippen LogP contribution in [0.2, 0.25) is 0 Å². The van der Waals surface area contributed by atoms with E-state index in [1.54, 1.807) is 19.9 Å². The molecule has 0 bridgehead atoms. The van der Waals surface area contributed by atoms with Gasteiger partial charge in [-0.1, -0.05) is 6.92 Å². The maximum atomic E-state index is 12.0. The Bertz CT molecular complexity index is 482. The lowest BCUT2D eigenvalue weighted by atomic mass is 10.1. The summed E-state index contributed by atoms with van der Waals surface area (Å²) >= 11 is 0. The molecule has 2 rings (SSSR count). The van der Waals surface area contributed by atoms with Crippen LogP contribution in [0.4, 0.5) is 0 Å². The molecule has 0 aliphatic carbocycles. The lowest BCUT2D eigenvalue weighted by Crippen LogP contribution is -2.38. The summed E-state index contributed by atoms with van der Waals surface area (Å²) in [6, 6.07) is 4.93. The van der Waals surface area contributed by atoms with Gasteiger partial charge in [-0.25, -0.2) is 0 Å². The van der Waals surface area contributed by atoms with Gasteiger partial charge in [0.05, 0.1) is 12.6 Å². The van der Waals surface area contributed by atoms with E-state index in [1.807, 2.05) is 12.1 Å². The van der Waals surface area contributed by atoms with Gasteiger partial charge in [0.1, 0.15) is 5.75 Å². The molecule has 0 saturated carbocycles. The monoisotopic (exact) mass is 247 g/mol. The molecule has 1 atom stereocenters. The Morgan fingerprint density at radius 2 is 2.22 bits per heavy atom. The van der Waals surface area contributed by atoms with Crippen LogP contribution in [0.15, 0.2) is 18.2 Å². The van der Waals surface area contributed by atoms with Crippen molar-refractivity contribution in [3.05, 3.63) is 29.3 Å². The average Bonchev–Trinajstić information content (AvgIpc) is 2.84. The molecule has 1 N–H and O–H groups in total. The van der Waals surface area contributed by atoms with Crippen molar-refractivity contribution in [1.29, 1.82) is 0 Å². The zero-order chi connectivity index (χ0) is 13.1. The first-order chi connectivity index (χ1) is 8.61. The summed E-state index contributed by atoms with van der Waals surface area (Å²) in [4.78, 5) is 23.4. The molecule has 1 aliphatic rings. The lowest BCUT2D eigenvalue weighted by molar-refractivity contribution is -0.120. The largest absolute Gasteiger partial charge is 0.493 e. The predicted molar refractivity (Wildman–Crippen MR) is 67.9 cm³/mol. The average molecular weight is 247 g/mol. The van der Waals surface area contributed by atoms with Gasteiger partial charge in [-0.15, -0.1) is 0 Å². The summed E-state index contributed by atoms with van der Waals surface area (Å²) in [5.74, 6) is 0.677. The van der Waals surface area contributed by atoms with Crippen molar-refractivity contribution in [3.8, 4) is 5.75 Å². The molecule has 1 heterocycles. The van der Waals surface area contributed by atoms with Crippen molar-refractivity contribution in [3.63, 3.8) is 0 Å². The van der Waals surface area contributed by atoms with E-state index in [1.165, 1.54) is 0 Å². The number of carbonyl (C=O) groups is 2. The third-order valence-electron chi connectivity index (χ3n) is 3.13. The fourth-order valence-corrected chi connectivity index (χ4v) is 1.99. The van der Waals surface area contributed by atoms with E-state index in [0.717, 1.165) is 17.7 Å². The number of amides is 1. The smallest absolute Gasteiger partial charge is 0.251 e. The van der Waals surface area contributed by atoms with Gasteiger partial charge in [-0.2, -0.15) is 0 Å². The van der Waals surface area contributed by atoms with Gasteiger partial charge in [-0.3, -0.25) is 9.59 Å². The summed E-state index contributed by atoms with van der Waals surface area (Å²) < 4.78 is 5.38. The van der Waals surface area contributed by atoms with Crippen molar-refractivity contribution < 1.29 is 14.3 Å². The Morgan fingerprint density at radius 3 is 2.94 bits per heavy atom. The second-order valence-corrected chi connectivity index (χ2v) is 4.44. The molecule has 1 amide bonds. The number of hydrogen-bond acceptors (Lipinski definition) is 3. The molecule has 0 radical (unpaired) electrons. The summed E-state index contributed by atoms with van der Waals surface area (Å²) in [5.41, 5.74) is 1.63. The van der Waals surface area contributed by atoms with Crippen LogP contribution >= 0.6 is 0 Å². The number of ether oxygens (including phenoxy) is 1. The fraction of sp³-hybridized carbons (Fsp3) is 0.429. The van der Waals surface area contributed by atoms with Crippen LogP contribution in [-0.4, -0.2) is 24.3 Å². The second kappa shape index (κ2) is 5.21. The lowest BCUT2D eigenvalue weighted by Gasteiger charge is -2.12. The highest BCUT2D eigenvalue weighted by Gasteiger charge is 2.18. The quantitative estimate of drug-likeness (QED) is 0.881. The number of Topliss-reactive ketones (excluding diaryl/α,β-unsaturated/α-hetero) is 1. The van der Waals surface area contributed by atoms with Crippen molar-refractivity contribution >= 4 is 11.7 Å². The summed E-state index contributed by atoms with van der Waals surface area (Å²) in [6.45, 7) is 4.17. The highest BCUT2D eigenvalue weighted by atomic mass is 16.5. The normalized spacial score (nSPS) is 14.6. The topological polar surface area (TPSA) is 55.4 Å². The van der Waals surface area contributed by atoms with E-state index < -0.39 is 6.04 Å². The van der Waals surface area contributed by atoms with Gasteiger partial charge in [0, 0.05) is 18.4 Å². The summed E-state index contributed by atoms with van der Waals surface area (Å²) in [7, 11) is 0. The molecule has 1 unspecified atom stereocenters. The SMILES string of the molecule is CCC(=O)C(C)NC(=O)c1ccc2c(c1)CCO2. The number of rotatable bonds is 4. The van der Waals surface area contributed by atoms with E-state index in [-0.39, 0.29) is 11.7 Å². The van der Waals surface area contributed by atoms with E-state index >= 15 is 0 Å². The first kappa shape index (κ1) is 12.6. The third kappa shape index (κ3) is 2.53. The van der Waals surface area contributed by atoms with Crippen LogP contribution < -0.4 is 10.1 Å². The Balaban J connectivity index is 2.07. The number of benzene rings is 1. The number of ketones is 1. The molecule has 0 fully saturated rings. The van der Waals surface area contributed by atoms with E-state index in [0.29, 0.717) is 18.6 Å². The van der Waals surface area contributed by atoms with Gasteiger partial charge in [0.15, 0.2) is 5.78 Å². The van der Waals surface area contributed by atoms with Gasteiger partial charge < -0.3 is 10.1 Å². The molecular weight excluding hydrogens is 230 g/mol. The van der Waals surface area contributed by atoms with Crippen LogP contribution in [0.3, 0.4) is 0 Å². The molecular formula is C14H17NO3. The Labute approximate surface area is 106 Å². The molecule has 0 saturated heterocycles. The highest BCUT2D eigenvalue weighted by molar-refractivity contribution is 5.98. The Hall–Kier alpha value is -1.84. The van der Waals surface area contributed by atoms with Crippen LogP contribution in [0.25, 0.3) is 0 Å². The van der Waals surface area contributed by atoms with E-state index in [4.69, 9.17) is 4.74 Å². The Morgan fingerprint density at radius 1 is 1.44 bits per heavy atom. The standard InChI is InChI=1S/C14H17NO3/c1-3-12(16)9(2)15-14(17)11-4-5-13-10(8-11)6-7-18-13/h4-5,8-9H,3,6-7H2,1-2H3,(H,15,17). The van der Waals surface area contributed by atoms with Crippen molar-refractivity contribution in [2.75, 3.05) is 6.61 Å². The third-order valence-corrected chi connectivity index (χ3v) is 3.13. The number of carbonyl (C=O) groups excluding carboxylic acids is 2. The summed E-state index contributed by atoms with van der Waals surface area (Å²) in [5, 5.41) is 2.71. The number of fused-ring (bicyclic) bond motifs is 1. The zero-order valence-electron chi connectivity index (χ0n) is 10.7. The maximum absolute atomic E-state index is 12.0. The Kier molecular flexibility index (Phi) is 3.65. The van der Waals surface area contributed by atoms with E-state index in [9.17, 15) is 9.59 Å². The van der Waals surface area contributed by atoms with Gasteiger partial charge >= 0.3 is 0 Å². The van der Waals surface area contributed by atoms with Gasteiger partial charge in [0.2, 0.25) is 0 Å². The molecule has 1 aromatic rings. The summed E-state index contributed by atoms with van der Waals surface area (Å²) in [6.07, 6.45) is 1.26. The molecule has 96 valence electrons. The highest BCUT2D eigenvalue weighted by Crippen LogP contribution is 2.25. The zero-order valence-corrected chi connectivity index (χ0v) is 10.7. The predicted octanol–water partition coefficient (Wildman–Crippen LogP) is 1.72. The minimum absolute atomic E-state index is 0.0350. The van der Waals surface area contributed by atoms with Crippen LogP contribution in [0.1, 0.15) is 36.2 Å².